The molecular weight excluding hydrogens is 431 g/mol. The normalized spacial score (nSPS) is 16.0. The summed E-state index contributed by atoms with van der Waals surface area (Å²) >= 11 is 12.1. The fraction of sp³-hybridized carbons (Fsp3) is 0.238. The van der Waals surface area contributed by atoms with Crippen molar-refractivity contribution in [1.29, 1.82) is 0 Å². The Balaban J connectivity index is 1.78. The van der Waals surface area contributed by atoms with Crippen molar-refractivity contribution >= 4 is 46.0 Å². The van der Waals surface area contributed by atoms with Crippen LogP contribution in [0.4, 0.5) is 0 Å². The Bertz CT molecular complexity index is 1130. The van der Waals surface area contributed by atoms with Crippen LogP contribution in [0.25, 0.3) is 11.0 Å². The summed E-state index contributed by atoms with van der Waals surface area (Å²) in [7, 11) is 0. The zero-order valence-electron chi connectivity index (χ0n) is 15.6. The van der Waals surface area contributed by atoms with E-state index in [1.54, 1.807) is 30.3 Å². The maximum Gasteiger partial charge on any atom is 0.335 e. The number of ether oxygens (including phenoxy) is 2. The van der Waals surface area contributed by atoms with Gasteiger partial charge in [0.25, 0.3) is 11.5 Å². The molecule has 3 aromatic rings. The fourth-order valence-corrected chi connectivity index (χ4v) is 3.58. The largest absolute Gasteiger partial charge is 0.618 e. The first-order valence-corrected chi connectivity index (χ1v) is 10.0. The van der Waals surface area contributed by atoms with E-state index in [9.17, 15) is 14.8 Å². The second-order valence-electron chi connectivity index (χ2n) is 6.76. The second kappa shape index (κ2) is 8.55. The van der Waals surface area contributed by atoms with Crippen LogP contribution >= 0.6 is 23.2 Å². The lowest BCUT2D eigenvalue weighted by Gasteiger charge is -2.13. The molecule has 0 N–H and O–H groups in total. The SMILES string of the molecule is O=C(c1ccccc1)c1c(COC(=O)C2CCCO2)nc2cc(Cl)c(Cl)cc2[n+]1[O-]. The van der Waals surface area contributed by atoms with Crippen molar-refractivity contribution in [2.24, 2.45) is 0 Å². The molecule has 7 nitrogen and oxygen atoms in total. The maximum absolute atomic E-state index is 13.1. The van der Waals surface area contributed by atoms with Gasteiger partial charge in [-0.15, -0.1) is 0 Å². The molecular formula is C21H16Cl2N2O5. The van der Waals surface area contributed by atoms with Crippen LogP contribution < -0.4 is 4.73 Å². The average Bonchev–Trinajstić information content (AvgIpc) is 3.29. The third kappa shape index (κ3) is 3.96. The van der Waals surface area contributed by atoms with Crippen molar-refractivity contribution in [2.45, 2.75) is 25.6 Å². The minimum Gasteiger partial charge on any atom is -0.618 e. The van der Waals surface area contributed by atoms with Crippen LogP contribution in [0.15, 0.2) is 42.5 Å². The van der Waals surface area contributed by atoms with Crippen LogP contribution in [0.1, 0.15) is 34.6 Å². The first-order chi connectivity index (χ1) is 14.5. The Kier molecular flexibility index (Phi) is 5.85. The van der Waals surface area contributed by atoms with Crippen LogP contribution in [0.3, 0.4) is 0 Å². The first-order valence-electron chi connectivity index (χ1n) is 9.25. The standard InChI is InChI=1S/C21H16Cl2N2O5/c22-13-9-15-17(10-14(13)23)25(28)19(20(26)12-5-2-1-3-6-12)16(24-15)11-30-21(27)18-7-4-8-29-18/h1-3,5-6,9-10,18H,4,7-8,11H2. The number of benzene rings is 2. The summed E-state index contributed by atoms with van der Waals surface area (Å²) in [4.78, 5) is 29.7. The highest BCUT2D eigenvalue weighted by Gasteiger charge is 2.30. The van der Waals surface area contributed by atoms with Crippen LogP contribution in [0, 0.1) is 5.21 Å². The van der Waals surface area contributed by atoms with Crippen molar-refractivity contribution < 1.29 is 23.8 Å². The van der Waals surface area contributed by atoms with Crippen LogP contribution in [0.2, 0.25) is 10.0 Å². The summed E-state index contributed by atoms with van der Waals surface area (Å²) in [5, 5.41) is 13.5. The molecule has 1 aromatic heterocycles. The summed E-state index contributed by atoms with van der Waals surface area (Å²) in [6.07, 6.45) is 0.687. The Morgan fingerprint density at radius 2 is 1.93 bits per heavy atom. The molecule has 2 aromatic carbocycles. The monoisotopic (exact) mass is 446 g/mol. The minimum atomic E-state index is -0.647. The molecule has 0 aliphatic carbocycles. The molecule has 30 heavy (non-hydrogen) atoms. The van der Waals surface area contributed by atoms with Crippen LogP contribution in [-0.4, -0.2) is 29.4 Å². The zero-order valence-corrected chi connectivity index (χ0v) is 17.2. The maximum atomic E-state index is 13.1. The van der Waals surface area contributed by atoms with E-state index in [0.717, 1.165) is 6.42 Å². The van der Waals surface area contributed by atoms with E-state index in [4.69, 9.17) is 32.7 Å². The van der Waals surface area contributed by atoms with Crippen LogP contribution in [0.5, 0.6) is 0 Å². The highest BCUT2D eigenvalue weighted by Crippen LogP contribution is 2.27. The summed E-state index contributed by atoms with van der Waals surface area (Å²) < 4.78 is 11.1. The molecule has 1 aliphatic rings. The lowest BCUT2D eigenvalue weighted by atomic mass is 10.1. The van der Waals surface area contributed by atoms with Gasteiger partial charge in [0.05, 0.1) is 10.0 Å². The minimum absolute atomic E-state index is 0.0242. The number of carbonyl (C=O) groups is 2. The molecule has 154 valence electrons. The smallest absolute Gasteiger partial charge is 0.335 e. The van der Waals surface area contributed by atoms with Gasteiger partial charge in [-0.05, 0) is 18.9 Å². The van der Waals surface area contributed by atoms with Gasteiger partial charge in [-0.2, -0.15) is 4.73 Å². The number of halogens is 2. The molecule has 0 bridgehead atoms. The van der Waals surface area contributed by atoms with E-state index < -0.39 is 17.9 Å². The van der Waals surface area contributed by atoms with E-state index in [-0.39, 0.29) is 39.1 Å². The third-order valence-electron chi connectivity index (χ3n) is 4.76. The average molecular weight is 447 g/mol. The fourth-order valence-electron chi connectivity index (χ4n) is 3.26. The third-order valence-corrected chi connectivity index (χ3v) is 5.49. The number of carbonyl (C=O) groups excluding carboxylic acids is 2. The predicted octanol–water partition coefficient (Wildman–Crippen LogP) is 3.63. The van der Waals surface area contributed by atoms with Crippen molar-refractivity contribution in [3.63, 3.8) is 0 Å². The number of fused-ring (bicyclic) bond motifs is 1. The van der Waals surface area contributed by atoms with E-state index >= 15 is 0 Å². The Morgan fingerprint density at radius 3 is 2.63 bits per heavy atom. The molecule has 1 aliphatic heterocycles. The molecule has 0 saturated carbocycles. The number of rotatable bonds is 5. The van der Waals surface area contributed by atoms with E-state index in [1.807, 2.05) is 0 Å². The quantitative estimate of drug-likeness (QED) is 0.257. The molecule has 9 heteroatoms. The number of nitrogens with zero attached hydrogens (tertiary/aromatic N) is 2. The van der Waals surface area contributed by atoms with E-state index in [2.05, 4.69) is 4.98 Å². The first kappa shape index (κ1) is 20.5. The highest BCUT2D eigenvalue weighted by molar-refractivity contribution is 6.42. The van der Waals surface area contributed by atoms with Gasteiger partial charge in [0.1, 0.15) is 12.1 Å². The molecule has 1 saturated heterocycles. The van der Waals surface area contributed by atoms with Gasteiger partial charge >= 0.3 is 5.97 Å². The van der Waals surface area contributed by atoms with E-state index in [0.29, 0.717) is 23.3 Å². The number of hydrogen-bond donors (Lipinski definition) is 0. The Labute approximate surface area is 181 Å². The zero-order chi connectivity index (χ0) is 21.3. The summed E-state index contributed by atoms with van der Waals surface area (Å²) in [5.74, 6) is -1.10. The lowest BCUT2D eigenvalue weighted by molar-refractivity contribution is -0.580. The predicted molar refractivity (Wildman–Crippen MR) is 109 cm³/mol. The Hall–Kier alpha value is -2.74. The van der Waals surface area contributed by atoms with Crippen molar-refractivity contribution in [2.75, 3.05) is 6.61 Å². The lowest BCUT2D eigenvalue weighted by Crippen LogP contribution is -2.38. The van der Waals surface area contributed by atoms with Gasteiger partial charge in [0.2, 0.25) is 5.52 Å². The van der Waals surface area contributed by atoms with Gasteiger partial charge in [-0.25, -0.2) is 9.78 Å². The molecule has 1 unspecified atom stereocenters. The topological polar surface area (TPSA) is 92.4 Å². The number of ketones is 1. The highest BCUT2D eigenvalue weighted by atomic mass is 35.5. The molecule has 0 amide bonds. The molecule has 2 heterocycles. The van der Waals surface area contributed by atoms with Crippen LogP contribution in [-0.2, 0) is 20.9 Å². The summed E-state index contributed by atoms with van der Waals surface area (Å²) in [6.45, 7) is 0.135. The molecule has 4 rings (SSSR count). The molecule has 1 atom stereocenters. The van der Waals surface area contributed by atoms with E-state index in [1.165, 1.54) is 12.1 Å². The van der Waals surface area contributed by atoms with Gasteiger partial charge in [0, 0.05) is 18.2 Å². The Morgan fingerprint density at radius 1 is 1.20 bits per heavy atom. The van der Waals surface area contributed by atoms with Crippen molar-refractivity contribution in [3.05, 3.63) is 74.7 Å². The molecule has 0 radical (unpaired) electrons. The van der Waals surface area contributed by atoms with Gasteiger partial charge < -0.3 is 14.7 Å². The molecule has 0 spiro atoms. The van der Waals surface area contributed by atoms with Gasteiger partial charge in [0.15, 0.2) is 11.8 Å². The molecule has 1 fully saturated rings. The number of aromatic nitrogens is 2. The second-order valence-corrected chi connectivity index (χ2v) is 7.58. The summed E-state index contributed by atoms with van der Waals surface area (Å²) in [6, 6.07) is 11.1. The van der Waals surface area contributed by atoms with Crippen molar-refractivity contribution in [3.8, 4) is 0 Å². The van der Waals surface area contributed by atoms with Gasteiger partial charge in [-0.3, -0.25) is 4.79 Å². The summed E-state index contributed by atoms with van der Waals surface area (Å²) in [5.41, 5.74) is 0.392. The number of hydrogen-bond acceptors (Lipinski definition) is 6. The van der Waals surface area contributed by atoms with Crippen molar-refractivity contribution in [1.82, 2.24) is 4.98 Å². The number of esters is 1. The van der Waals surface area contributed by atoms with Gasteiger partial charge in [-0.1, -0.05) is 53.5 Å².